The van der Waals surface area contributed by atoms with Gasteiger partial charge >= 0.3 is 11.8 Å². The number of hydrogen-bond donors (Lipinski definition) is 2. The molecule has 1 fully saturated rings. The van der Waals surface area contributed by atoms with Crippen LogP contribution in [0.25, 0.3) is 0 Å². The number of anilines is 1. The molecule has 0 atom stereocenters. The number of carbonyl (C=O) groups excluding carboxylic acids is 2. The van der Waals surface area contributed by atoms with Crippen LogP contribution in [0, 0.1) is 12.8 Å². The number of carbonyl (C=O) groups is 2. The Bertz CT molecular complexity index is 736. The number of benzene rings is 1. The van der Waals surface area contributed by atoms with Gasteiger partial charge in [0.05, 0.1) is 0 Å². The number of hydrogen-bond acceptors (Lipinski definition) is 5. The number of aryl methyl sites for hydroxylation is 1. The summed E-state index contributed by atoms with van der Waals surface area (Å²) in [7, 11) is 0. The number of piperidine rings is 1. The summed E-state index contributed by atoms with van der Waals surface area (Å²) in [5, 5.41) is 8.77. The number of likely N-dealkylation sites (tertiary alicyclic amines) is 1. The number of nitrogens with one attached hydrogen (secondary N) is 2. The van der Waals surface area contributed by atoms with E-state index in [2.05, 4.69) is 45.0 Å². The maximum atomic E-state index is 11.9. The molecule has 26 heavy (non-hydrogen) atoms. The summed E-state index contributed by atoms with van der Waals surface area (Å²) in [6, 6.07) is 12.0. The monoisotopic (exact) mass is 356 g/mol. The van der Waals surface area contributed by atoms with Crippen LogP contribution in [-0.4, -0.2) is 41.5 Å². The van der Waals surface area contributed by atoms with Gasteiger partial charge in [-0.15, -0.1) is 0 Å². The second kappa shape index (κ2) is 8.62. The molecule has 7 heteroatoms. The van der Waals surface area contributed by atoms with Crippen molar-refractivity contribution in [2.75, 3.05) is 25.0 Å². The van der Waals surface area contributed by atoms with Crippen molar-refractivity contribution >= 4 is 17.6 Å². The largest absolute Gasteiger partial charge is 0.360 e. The first kappa shape index (κ1) is 18.1. The maximum Gasteiger partial charge on any atom is 0.314 e. The van der Waals surface area contributed by atoms with Gasteiger partial charge in [-0.05, 0) is 44.3 Å². The molecule has 2 N–H and O–H groups in total. The van der Waals surface area contributed by atoms with E-state index in [4.69, 9.17) is 4.52 Å². The maximum absolute atomic E-state index is 11.9. The Labute approximate surface area is 152 Å². The van der Waals surface area contributed by atoms with Crippen molar-refractivity contribution in [2.24, 2.45) is 5.92 Å². The van der Waals surface area contributed by atoms with E-state index in [1.54, 1.807) is 13.0 Å². The molecule has 0 unspecified atom stereocenters. The lowest BCUT2D eigenvalue weighted by Gasteiger charge is -2.32. The first-order valence-corrected chi connectivity index (χ1v) is 8.89. The molecule has 1 aliphatic heterocycles. The van der Waals surface area contributed by atoms with E-state index in [1.165, 1.54) is 5.56 Å². The van der Waals surface area contributed by atoms with Crippen LogP contribution >= 0.6 is 0 Å². The van der Waals surface area contributed by atoms with Crippen LogP contribution in [0.1, 0.15) is 24.2 Å². The van der Waals surface area contributed by atoms with Gasteiger partial charge in [-0.1, -0.05) is 35.5 Å². The first-order valence-electron chi connectivity index (χ1n) is 8.89. The highest BCUT2D eigenvalue weighted by atomic mass is 16.5. The summed E-state index contributed by atoms with van der Waals surface area (Å²) < 4.78 is 4.85. The van der Waals surface area contributed by atoms with E-state index in [9.17, 15) is 9.59 Å². The summed E-state index contributed by atoms with van der Waals surface area (Å²) in [4.78, 5) is 26.2. The van der Waals surface area contributed by atoms with Crippen molar-refractivity contribution < 1.29 is 14.1 Å². The molecule has 2 aromatic rings. The molecule has 0 aliphatic carbocycles. The minimum absolute atomic E-state index is 0.247. The van der Waals surface area contributed by atoms with E-state index in [-0.39, 0.29) is 5.82 Å². The van der Waals surface area contributed by atoms with Crippen LogP contribution in [0.2, 0.25) is 0 Å². The highest BCUT2D eigenvalue weighted by molar-refractivity contribution is 6.39. The SMILES string of the molecule is Cc1cc(NC(=O)C(=O)NCC2CCN(Cc3ccccc3)CC2)no1. The Morgan fingerprint density at radius 1 is 1.19 bits per heavy atom. The average molecular weight is 356 g/mol. The molecule has 7 nitrogen and oxygen atoms in total. The molecule has 0 bridgehead atoms. The third kappa shape index (κ3) is 5.16. The smallest absolute Gasteiger partial charge is 0.314 e. The van der Waals surface area contributed by atoms with Gasteiger partial charge in [-0.2, -0.15) is 0 Å². The molecule has 1 aromatic carbocycles. The van der Waals surface area contributed by atoms with E-state index < -0.39 is 11.8 Å². The molecule has 2 amide bonds. The minimum Gasteiger partial charge on any atom is -0.360 e. The molecule has 1 aliphatic rings. The molecular weight excluding hydrogens is 332 g/mol. The minimum atomic E-state index is -0.722. The van der Waals surface area contributed by atoms with Crippen molar-refractivity contribution in [3.05, 3.63) is 47.7 Å². The lowest BCUT2D eigenvalue weighted by atomic mass is 9.96. The zero-order valence-electron chi connectivity index (χ0n) is 14.9. The predicted octanol–water partition coefficient (Wildman–Crippen LogP) is 1.95. The molecule has 0 saturated carbocycles. The van der Waals surface area contributed by atoms with Gasteiger partial charge in [0.2, 0.25) is 0 Å². The van der Waals surface area contributed by atoms with Gasteiger partial charge < -0.3 is 9.84 Å². The van der Waals surface area contributed by atoms with Crippen molar-refractivity contribution in [3.63, 3.8) is 0 Å². The topological polar surface area (TPSA) is 87.5 Å². The van der Waals surface area contributed by atoms with Crippen molar-refractivity contribution in [2.45, 2.75) is 26.3 Å². The lowest BCUT2D eigenvalue weighted by molar-refractivity contribution is -0.136. The summed E-state index contributed by atoms with van der Waals surface area (Å²) >= 11 is 0. The van der Waals surface area contributed by atoms with Gasteiger partial charge in [0, 0.05) is 19.2 Å². The molecule has 2 heterocycles. The van der Waals surface area contributed by atoms with Gasteiger partial charge in [0.15, 0.2) is 5.82 Å². The summed E-state index contributed by atoms with van der Waals surface area (Å²) in [6.07, 6.45) is 2.02. The van der Waals surface area contributed by atoms with Crippen LogP contribution < -0.4 is 10.6 Å². The van der Waals surface area contributed by atoms with Crippen LogP contribution in [0.5, 0.6) is 0 Å². The molecule has 3 rings (SSSR count). The Morgan fingerprint density at radius 3 is 2.58 bits per heavy atom. The van der Waals surface area contributed by atoms with Crippen molar-refractivity contribution in [3.8, 4) is 0 Å². The molecular formula is C19H24N4O3. The standard InChI is InChI=1S/C19H24N4O3/c1-14-11-17(22-26-14)21-19(25)18(24)20-12-15-7-9-23(10-8-15)13-16-5-3-2-4-6-16/h2-6,11,15H,7-10,12-13H2,1H3,(H,20,24)(H,21,22,25). The van der Waals surface area contributed by atoms with Gasteiger partial charge in [0.1, 0.15) is 5.76 Å². The quantitative estimate of drug-likeness (QED) is 0.800. The number of amides is 2. The van der Waals surface area contributed by atoms with Gasteiger partial charge in [-0.3, -0.25) is 19.8 Å². The Morgan fingerprint density at radius 2 is 1.92 bits per heavy atom. The lowest BCUT2D eigenvalue weighted by Crippen LogP contribution is -2.41. The first-order chi connectivity index (χ1) is 12.6. The van der Waals surface area contributed by atoms with Crippen LogP contribution in [0.15, 0.2) is 40.9 Å². The van der Waals surface area contributed by atoms with Crippen molar-refractivity contribution in [1.29, 1.82) is 0 Å². The normalized spacial score (nSPS) is 15.6. The van der Waals surface area contributed by atoms with E-state index in [0.29, 0.717) is 18.2 Å². The fraction of sp³-hybridized carbons (Fsp3) is 0.421. The Kier molecular flexibility index (Phi) is 6.01. The third-order valence-corrected chi connectivity index (χ3v) is 4.58. The number of aromatic nitrogens is 1. The predicted molar refractivity (Wildman–Crippen MR) is 97.3 cm³/mol. The summed E-state index contributed by atoms with van der Waals surface area (Å²) in [6.45, 7) is 5.19. The zero-order valence-corrected chi connectivity index (χ0v) is 14.9. The Hall–Kier alpha value is -2.67. The summed E-state index contributed by atoms with van der Waals surface area (Å²) in [5.74, 6) is -0.148. The van der Waals surface area contributed by atoms with Crippen molar-refractivity contribution in [1.82, 2.24) is 15.4 Å². The number of nitrogens with zero attached hydrogens (tertiary/aromatic N) is 2. The highest BCUT2D eigenvalue weighted by Gasteiger charge is 2.21. The molecule has 1 saturated heterocycles. The van der Waals surface area contributed by atoms with E-state index in [0.717, 1.165) is 32.5 Å². The highest BCUT2D eigenvalue weighted by Crippen LogP contribution is 2.18. The van der Waals surface area contributed by atoms with Gasteiger partial charge in [0.25, 0.3) is 0 Å². The van der Waals surface area contributed by atoms with E-state index in [1.807, 2.05) is 6.07 Å². The second-order valence-electron chi connectivity index (χ2n) is 6.69. The fourth-order valence-corrected chi connectivity index (χ4v) is 3.11. The van der Waals surface area contributed by atoms with Crippen LogP contribution in [-0.2, 0) is 16.1 Å². The van der Waals surface area contributed by atoms with Gasteiger partial charge in [-0.25, -0.2) is 0 Å². The zero-order chi connectivity index (χ0) is 18.4. The fourth-order valence-electron chi connectivity index (χ4n) is 3.11. The number of rotatable bonds is 5. The third-order valence-electron chi connectivity index (χ3n) is 4.58. The molecule has 0 radical (unpaired) electrons. The van der Waals surface area contributed by atoms with Crippen LogP contribution in [0.4, 0.5) is 5.82 Å². The Balaban J connectivity index is 1.36. The second-order valence-corrected chi connectivity index (χ2v) is 6.69. The molecule has 0 spiro atoms. The van der Waals surface area contributed by atoms with Crippen LogP contribution in [0.3, 0.4) is 0 Å². The molecule has 138 valence electrons. The molecule has 1 aromatic heterocycles. The average Bonchev–Trinajstić information content (AvgIpc) is 3.06. The van der Waals surface area contributed by atoms with E-state index >= 15 is 0 Å². The summed E-state index contributed by atoms with van der Waals surface area (Å²) in [5.41, 5.74) is 1.32.